The lowest BCUT2D eigenvalue weighted by molar-refractivity contribution is 0.0716. The van der Waals surface area contributed by atoms with E-state index in [1.165, 1.54) is 16.9 Å². The van der Waals surface area contributed by atoms with Crippen molar-refractivity contribution in [3.05, 3.63) is 21.4 Å². The van der Waals surface area contributed by atoms with Crippen LogP contribution in [0.3, 0.4) is 0 Å². The highest BCUT2D eigenvalue weighted by Gasteiger charge is 2.28. The number of rotatable bonds is 2. The summed E-state index contributed by atoms with van der Waals surface area (Å²) in [5, 5.41) is 15.0. The van der Waals surface area contributed by atoms with Gasteiger partial charge in [-0.3, -0.25) is 4.79 Å². The molecule has 4 heteroatoms. The van der Waals surface area contributed by atoms with Gasteiger partial charge in [-0.05, 0) is 43.6 Å². The van der Waals surface area contributed by atoms with Crippen molar-refractivity contribution in [1.29, 1.82) is 0 Å². The van der Waals surface area contributed by atoms with Gasteiger partial charge in [-0.2, -0.15) is 0 Å². The maximum Gasteiger partial charge on any atom is 0.252 e. The van der Waals surface area contributed by atoms with Crippen LogP contribution in [0.15, 0.2) is 5.38 Å². The first-order chi connectivity index (χ1) is 9.65. The van der Waals surface area contributed by atoms with Crippen molar-refractivity contribution in [1.82, 2.24) is 5.32 Å². The molecule has 3 atom stereocenters. The van der Waals surface area contributed by atoms with Crippen molar-refractivity contribution in [3.63, 3.8) is 0 Å². The van der Waals surface area contributed by atoms with Crippen molar-refractivity contribution in [2.24, 2.45) is 5.92 Å². The van der Waals surface area contributed by atoms with Gasteiger partial charge in [0.05, 0.1) is 17.7 Å². The van der Waals surface area contributed by atoms with E-state index in [0.29, 0.717) is 0 Å². The van der Waals surface area contributed by atoms with Crippen LogP contribution in [0.2, 0.25) is 0 Å². The van der Waals surface area contributed by atoms with E-state index >= 15 is 0 Å². The van der Waals surface area contributed by atoms with Crippen molar-refractivity contribution >= 4 is 17.2 Å². The Balaban J connectivity index is 1.71. The van der Waals surface area contributed by atoms with Gasteiger partial charge in [0.1, 0.15) is 0 Å². The molecule has 3 nitrogen and oxygen atoms in total. The fraction of sp³-hybridized carbons (Fsp3) is 0.688. The molecule has 2 N–H and O–H groups in total. The summed E-state index contributed by atoms with van der Waals surface area (Å²) in [6, 6.07) is -0.0608. The molecule has 0 aliphatic heterocycles. The highest BCUT2D eigenvalue weighted by atomic mass is 32.1. The number of nitrogens with one attached hydrogen (secondary N) is 1. The number of hydrogen-bond acceptors (Lipinski definition) is 3. The Morgan fingerprint density at radius 3 is 2.95 bits per heavy atom. The average molecular weight is 293 g/mol. The number of thiophene rings is 1. The molecule has 1 aromatic heterocycles. The zero-order valence-corrected chi connectivity index (χ0v) is 12.8. The van der Waals surface area contributed by atoms with Crippen LogP contribution in [0, 0.1) is 5.92 Å². The molecule has 0 aromatic carbocycles. The molecule has 3 rings (SSSR count). The highest BCUT2D eigenvalue weighted by Crippen LogP contribution is 2.33. The van der Waals surface area contributed by atoms with E-state index in [2.05, 4.69) is 12.2 Å². The Labute approximate surface area is 124 Å². The molecule has 0 radical (unpaired) electrons. The first kappa shape index (κ1) is 14.1. The van der Waals surface area contributed by atoms with Crippen LogP contribution in [-0.2, 0) is 12.8 Å². The summed E-state index contributed by atoms with van der Waals surface area (Å²) < 4.78 is 0. The first-order valence-corrected chi connectivity index (χ1v) is 8.61. The predicted molar refractivity (Wildman–Crippen MR) is 81.2 cm³/mol. The third-order valence-corrected chi connectivity index (χ3v) is 5.74. The Hall–Kier alpha value is -0.870. The van der Waals surface area contributed by atoms with Gasteiger partial charge in [0.15, 0.2) is 0 Å². The van der Waals surface area contributed by atoms with E-state index in [1.807, 2.05) is 5.38 Å². The second-order valence-corrected chi connectivity index (χ2v) is 7.30. The third kappa shape index (κ3) is 2.77. The van der Waals surface area contributed by atoms with Crippen molar-refractivity contribution in [2.45, 2.75) is 64.0 Å². The lowest BCUT2D eigenvalue weighted by Gasteiger charge is -2.28. The number of aliphatic hydroxyl groups excluding tert-OH is 1. The standard InChI is InChI=1S/C16H23NO2S/c1-10-6-7-11-12(9-20-15(11)8-10)16(19)17-13-4-2-3-5-14(13)18/h9-10,13-14,18H,2-8H2,1H3,(H,17,19)/t10?,13-,14-/m1/s1. The molecule has 1 heterocycles. The predicted octanol–water partition coefficient (Wildman–Crippen LogP) is 2.91. The van der Waals surface area contributed by atoms with E-state index in [4.69, 9.17) is 0 Å². The number of aliphatic hydroxyl groups is 1. The molecule has 2 aliphatic rings. The van der Waals surface area contributed by atoms with E-state index in [0.717, 1.165) is 50.0 Å². The Morgan fingerprint density at radius 2 is 2.15 bits per heavy atom. The molecule has 0 spiro atoms. The molecular formula is C16H23NO2S. The summed E-state index contributed by atoms with van der Waals surface area (Å²) >= 11 is 1.72. The van der Waals surface area contributed by atoms with Crippen LogP contribution in [-0.4, -0.2) is 23.2 Å². The molecule has 1 saturated carbocycles. The fourth-order valence-corrected chi connectivity index (χ4v) is 4.64. The summed E-state index contributed by atoms with van der Waals surface area (Å²) in [4.78, 5) is 13.8. The summed E-state index contributed by atoms with van der Waals surface area (Å²) in [5.41, 5.74) is 2.12. The Bertz CT molecular complexity index is 497. The lowest BCUT2D eigenvalue weighted by Crippen LogP contribution is -2.45. The van der Waals surface area contributed by atoms with Gasteiger partial charge in [0.25, 0.3) is 5.91 Å². The SMILES string of the molecule is CC1CCc2c(C(=O)N[C@@H]3CCCC[C@H]3O)csc2C1. The summed E-state index contributed by atoms with van der Waals surface area (Å²) in [6.45, 7) is 2.28. The van der Waals surface area contributed by atoms with Crippen LogP contribution in [0.1, 0.15) is 59.8 Å². The number of hydrogen-bond donors (Lipinski definition) is 2. The quantitative estimate of drug-likeness (QED) is 0.881. The van der Waals surface area contributed by atoms with Gasteiger partial charge < -0.3 is 10.4 Å². The normalized spacial score (nSPS) is 29.8. The minimum absolute atomic E-state index is 0.0167. The van der Waals surface area contributed by atoms with E-state index in [9.17, 15) is 9.90 Å². The summed E-state index contributed by atoms with van der Waals surface area (Å²) in [7, 11) is 0. The second kappa shape index (κ2) is 5.86. The molecule has 1 unspecified atom stereocenters. The molecule has 20 heavy (non-hydrogen) atoms. The van der Waals surface area contributed by atoms with Crippen molar-refractivity contribution in [3.8, 4) is 0 Å². The van der Waals surface area contributed by atoms with E-state index in [-0.39, 0.29) is 18.1 Å². The largest absolute Gasteiger partial charge is 0.391 e. The highest BCUT2D eigenvalue weighted by molar-refractivity contribution is 7.10. The monoisotopic (exact) mass is 293 g/mol. The molecule has 110 valence electrons. The zero-order chi connectivity index (χ0) is 14.1. The number of amides is 1. The van der Waals surface area contributed by atoms with Gasteiger partial charge in [-0.15, -0.1) is 11.3 Å². The lowest BCUT2D eigenvalue weighted by atomic mass is 9.88. The van der Waals surface area contributed by atoms with Gasteiger partial charge in [-0.25, -0.2) is 0 Å². The van der Waals surface area contributed by atoms with Gasteiger partial charge in [0.2, 0.25) is 0 Å². The van der Waals surface area contributed by atoms with Gasteiger partial charge in [0, 0.05) is 10.3 Å². The zero-order valence-electron chi connectivity index (χ0n) is 12.0. The molecule has 1 fully saturated rings. The molecule has 2 aliphatic carbocycles. The maximum atomic E-state index is 12.5. The molecular weight excluding hydrogens is 270 g/mol. The summed E-state index contributed by atoms with van der Waals surface area (Å²) in [6.07, 6.45) is 6.81. The number of carbonyl (C=O) groups excluding carboxylic acids is 1. The summed E-state index contributed by atoms with van der Waals surface area (Å²) in [5.74, 6) is 0.750. The Morgan fingerprint density at radius 1 is 1.35 bits per heavy atom. The average Bonchev–Trinajstić information content (AvgIpc) is 2.84. The van der Waals surface area contributed by atoms with Crippen LogP contribution in [0.4, 0.5) is 0 Å². The molecule has 1 amide bonds. The molecule has 0 saturated heterocycles. The topological polar surface area (TPSA) is 49.3 Å². The van der Waals surface area contributed by atoms with Crippen LogP contribution in [0.25, 0.3) is 0 Å². The smallest absolute Gasteiger partial charge is 0.252 e. The molecule has 0 bridgehead atoms. The Kier molecular flexibility index (Phi) is 4.13. The van der Waals surface area contributed by atoms with Crippen LogP contribution >= 0.6 is 11.3 Å². The van der Waals surface area contributed by atoms with E-state index in [1.54, 1.807) is 11.3 Å². The minimum atomic E-state index is -0.373. The van der Waals surface area contributed by atoms with Crippen LogP contribution in [0.5, 0.6) is 0 Å². The van der Waals surface area contributed by atoms with Gasteiger partial charge >= 0.3 is 0 Å². The van der Waals surface area contributed by atoms with Crippen molar-refractivity contribution < 1.29 is 9.90 Å². The number of fused-ring (bicyclic) bond motifs is 1. The van der Waals surface area contributed by atoms with Gasteiger partial charge in [-0.1, -0.05) is 19.8 Å². The fourth-order valence-electron chi connectivity index (χ4n) is 3.39. The minimum Gasteiger partial charge on any atom is -0.391 e. The van der Waals surface area contributed by atoms with E-state index < -0.39 is 0 Å². The third-order valence-electron chi connectivity index (χ3n) is 4.69. The van der Waals surface area contributed by atoms with Crippen molar-refractivity contribution in [2.75, 3.05) is 0 Å². The number of carbonyl (C=O) groups is 1. The second-order valence-electron chi connectivity index (χ2n) is 6.33. The van der Waals surface area contributed by atoms with Crippen LogP contribution < -0.4 is 5.32 Å². The first-order valence-electron chi connectivity index (χ1n) is 7.73. The maximum absolute atomic E-state index is 12.5. The molecule has 1 aromatic rings.